The van der Waals surface area contributed by atoms with Crippen molar-refractivity contribution in [3.63, 3.8) is 0 Å². The van der Waals surface area contributed by atoms with Crippen LogP contribution in [0.25, 0.3) is 0 Å². The van der Waals surface area contributed by atoms with E-state index in [9.17, 15) is 0 Å². The Kier molecular flexibility index (Phi) is 8.20. The second-order valence-electron chi connectivity index (χ2n) is 1.94. The van der Waals surface area contributed by atoms with E-state index in [1.165, 1.54) is 17.3 Å². The lowest BCUT2D eigenvalue weighted by Gasteiger charge is -2.03. The summed E-state index contributed by atoms with van der Waals surface area (Å²) in [5.41, 5.74) is 10.7. The molecule has 0 aliphatic rings. The fourth-order valence-corrected chi connectivity index (χ4v) is 2.15. The summed E-state index contributed by atoms with van der Waals surface area (Å²) < 4.78 is 0. The fourth-order valence-electron chi connectivity index (χ4n) is 0.482. The van der Waals surface area contributed by atoms with Gasteiger partial charge >= 0.3 is 0 Å². The monoisotopic (exact) mass is 180 g/mol. The first-order chi connectivity index (χ1) is 4.77. The molecule has 0 bridgehead atoms. The highest BCUT2D eigenvalue weighted by Gasteiger charge is 1.93. The van der Waals surface area contributed by atoms with E-state index < -0.39 is 0 Å². The summed E-state index contributed by atoms with van der Waals surface area (Å²) in [6, 6.07) is 0. The molecule has 10 heavy (non-hydrogen) atoms. The van der Waals surface area contributed by atoms with E-state index in [1.807, 2.05) is 23.5 Å². The summed E-state index contributed by atoms with van der Waals surface area (Å²) in [5.74, 6) is 4.47. The lowest BCUT2D eigenvalue weighted by atomic mass is 10.7. The van der Waals surface area contributed by atoms with Gasteiger partial charge in [0.1, 0.15) is 0 Å². The van der Waals surface area contributed by atoms with E-state index in [-0.39, 0.29) is 6.17 Å². The molecule has 0 unspecified atom stereocenters. The third kappa shape index (κ3) is 8.62. The summed E-state index contributed by atoms with van der Waals surface area (Å²) in [5, 5.41) is 0. The largest absolute Gasteiger partial charge is 0.315 e. The first-order valence-electron chi connectivity index (χ1n) is 3.44. The zero-order valence-corrected chi connectivity index (χ0v) is 8.01. The molecule has 0 aromatic rings. The molecule has 0 atom stereocenters. The highest BCUT2D eigenvalue weighted by Crippen LogP contribution is 2.05. The van der Waals surface area contributed by atoms with E-state index in [4.69, 9.17) is 11.5 Å². The predicted molar refractivity (Wildman–Crippen MR) is 52.5 cm³/mol. The van der Waals surface area contributed by atoms with E-state index in [2.05, 4.69) is 6.92 Å². The van der Waals surface area contributed by atoms with Crippen molar-refractivity contribution in [1.29, 1.82) is 0 Å². The summed E-state index contributed by atoms with van der Waals surface area (Å²) in [4.78, 5) is 0. The molecule has 0 aliphatic carbocycles. The molecule has 0 fully saturated rings. The SMILES string of the molecule is CCSCCSCC(N)N. The molecule has 0 rings (SSSR count). The van der Waals surface area contributed by atoms with Crippen molar-refractivity contribution in [2.45, 2.75) is 13.1 Å². The Morgan fingerprint density at radius 1 is 1.20 bits per heavy atom. The van der Waals surface area contributed by atoms with Gasteiger partial charge in [-0.3, -0.25) is 0 Å². The van der Waals surface area contributed by atoms with Gasteiger partial charge in [-0.15, -0.1) is 0 Å². The summed E-state index contributed by atoms with van der Waals surface area (Å²) >= 11 is 3.79. The molecule has 0 aromatic carbocycles. The highest BCUT2D eigenvalue weighted by atomic mass is 32.2. The van der Waals surface area contributed by atoms with Crippen LogP contribution < -0.4 is 11.5 Å². The predicted octanol–water partition coefficient (Wildman–Crippen LogP) is 0.716. The molecular formula is C6H16N2S2. The second kappa shape index (κ2) is 7.72. The van der Waals surface area contributed by atoms with Crippen molar-refractivity contribution in [3.05, 3.63) is 0 Å². The van der Waals surface area contributed by atoms with Crippen LogP contribution in [-0.2, 0) is 0 Å². The van der Waals surface area contributed by atoms with Gasteiger partial charge in [-0.2, -0.15) is 23.5 Å². The Bertz CT molecular complexity index is 68.8. The molecule has 0 spiro atoms. The molecule has 0 saturated carbocycles. The quantitative estimate of drug-likeness (QED) is 0.467. The van der Waals surface area contributed by atoms with Crippen molar-refractivity contribution < 1.29 is 0 Å². The molecule has 0 aliphatic heterocycles. The normalized spacial score (nSPS) is 10.8. The topological polar surface area (TPSA) is 52.0 Å². The number of hydrogen-bond donors (Lipinski definition) is 2. The van der Waals surface area contributed by atoms with Gasteiger partial charge in [0.2, 0.25) is 0 Å². The first kappa shape index (κ1) is 10.6. The van der Waals surface area contributed by atoms with Gasteiger partial charge in [-0.1, -0.05) is 6.92 Å². The van der Waals surface area contributed by atoms with E-state index in [1.54, 1.807) is 0 Å². The smallest absolute Gasteiger partial charge is 0.0614 e. The van der Waals surface area contributed by atoms with E-state index in [0.717, 1.165) is 5.75 Å². The molecule has 4 N–H and O–H groups in total. The minimum atomic E-state index is -0.142. The highest BCUT2D eigenvalue weighted by molar-refractivity contribution is 8.02. The van der Waals surface area contributed by atoms with Crippen molar-refractivity contribution in [2.24, 2.45) is 11.5 Å². The third-order valence-corrected chi connectivity index (χ3v) is 3.16. The zero-order chi connectivity index (χ0) is 7.82. The van der Waals surface area contributed by atoms with Crippen LogP contribution in [0, 0.1) is 0 Å². The maximum atomic E-state index is 5.36. The van der Waals surface area contributed by atoms with Gasteiger partial charge in [-0.25, -0.2) is 0 Å². The average molecular weight is 180 g/mol. The van der Waals surface area contributed by atoms with Crippen molar-refractivity contribution in [3.8, 4) is 0 Å². The second-order valence-corrected chi connectivity index (χ2v) is 4.48. The molecule has 0 heterocycles. The van der Waals surface area contributed by atoms with Crippen molar-refractivity contribution in [1.82, 2.24) is 0 Å². The van der Waals surface area contributed by atoms with Crippen LogP contribution in [0.5, 0.6) is 0 Å². The number of nitrogens with two attached hydrogens (primary N) is 2. The van der Waals surface area contributed by atoms with E-state index >= 15 is 0 Å². The minimum Gasteiger partial charge on any atom is -0.315 e. The van der Waals surface area contributed by atoms with Crippen LogP contribution in [0.15, 0.2) is 0 Å². The van der Waals surface area contributed by atoms with Crippen LogP contribution in [0.3, 0.4) is 0 Å². The van der Waals surface area contributed by atoms with Crippen LogP contribution >= 0.6 is 23.5 Å². The van der Waals surface area contributed by atoms with Crippen LogP contribution in [0.4, 0.5) is 0 Å². The number of rotatable bonds is 6. The molecule has 0 amide bonds. The van der Waals surface area contributed by atoms with Gasteiger partial charge < -0.3 is 11.5 Å². The van der Waals surface area contributed by atoms with Gasteiger partial charge in [0.05, 0.1) is 6.17 Å². The fraction of sp³-hybridized carbons (Fsp3) is 1.00. The Morgan fingerprint density at radius 3 is 2.30 bits per heavy atom. The molecular weight excluding hydrogens is 164 g/mol. The first-order valence-corrected chi connectivity index (χ1v) is 5.75. The van der Waals surface area contributed by atoms with Gasteiger partial charge in [0.25, 0.3) is 0 Å². The molecule has 4 heteroatoms. The Morgan fingerprint density at radius 2 is 1.80 bits per heavy atom. The lowest BCUT2D eigenvalue weighted by molar-refractivity contribution is 0.803. The number of thioether (sulfide) groups is 2. The Hall–Kier alpha value is 0.620. The standard InChI is InChI=1S/C6H16N2S2/c1-2-9-3-4-10-5-6(7)8/h6H,2-5,7-8H2,1H3. The van der Waals surface area contributed by atoms with Gasteiger partial charge in [-0.05, 0) is 5.75 Å². The Labute approximate surface area is 71.5 Å². The molecule has 0 saturated heterocycles. The van der Waals surface area contributed by atoms with Crippen molar-refractivity contribution >= 4 is 23.5 Å². The van der Waals surface area contributed by atoms with Gasteiger partial charge in [0, 0.05) is 17.3 Å². The lowest BCUT2D eigenvalue weighted by Crippen LogP contribution is -2.32. The van der Waals surface area contributed by atoms with Crippen LogP contribution in [0.2, 0.25) is 0 Å². The van der Waals surface area contributed by atoms with E-state index in [0.29, 0.717) is 0 Å². The summed E-state index contributed by atoms with van der Waals surface area (Å²) in [7, 11) is 0. The minimum absolute atomic E-state index is 0.142. The average Bonchev–Trinajstić information content (AvgIpc) is 1.87. The van der Waals surface area contributed by atoms with Crippen LogP contribution in [0.1, 0.15) is 6.92 Å². The van der Waals surface area contributed by atoms with Crippen molar-refractivity contribution in [2.75, 3.05) is 23.0 Å². The Balaban J connectivity index is 2.77. The molecule has 0 aromatic heterocycles. The summed E-state index contributed by atoms with van der Waals surface area (Å²) in [6.07, 6.45) is -0.142. The third-order valence-electron chi connectivity index (χ3n) is 0.886. The maximum Gasteiger partial charge on any atom is 0.0614 e. The molecule has 0 radical (unpaired) electrons. The summed E-state index contributed by atoms with van der Waals surface area (Å²) in [6.45, 7) is 2.17. The zero-order valence-electron chi connectivity index (χ0n) is 6.38. The molecule has 62 valence electrons. The van der Waals surface area contributed by atoms with Gasteiger partial charge in [0.15, 0.2) is 0 Å². The van der Waals surface area contributed by atoms with Crippen LogP contribution in [-0.4, -0.2) is 29.2 Å². The molecule has 2 nitrogen and oxygen atoms in total. The number of hydrogen-bond acceptors (Lipinski definition) is 4. The maximum absolute atomic E-state index is 5.36.